The fourth-order valence-corrected chi connectivity index (χ4v) is 5.40. The molecule has 3 aromatic rings. The number of nitrogens with zero attached hydrogens (tertiary/aromatic N) is 1. The molecule has 0 radical (unpaired) electrons. The number of carbonyl (C=O) groups excluding carboxylic acids is 3. The van der Waals surface area contributed by atoms with E-state index in [-0.39, 0.29) is 17.5 Å². The highest BCUT2D eigenvalue weighted by Gasteiger charge is 2.45. The quantitative estimate of drug-likeness (QED) is 0.440. The van der Waals surface area contributed by atoms with Gasteiger partial charge in [-0.25, -0.2) is 4.79 Å². The zero-order valence-corrected chi connectivity index (χ0v) is 21.6. The monoisotopic (exact) mass is 498 g/mol. The van der Waals surface area contributed by atoms with E-state index in [0.29, 0.717) is 37.3 Å². The Morgan fingerprint density at radius 2 is 1.35 bits per heavy atom. The summed E-state index contributed by atoms with van der Waals surface area (Å²) in [6.07, 6.45) is -0.501. The highest BCUT2D eigenvalue weighted by molar-refractivity contribution is 6.02. The number of methoxy groups -OCH3 is 1. The predicted octanol–water partition coefficient (Wildman–Crippen LogP) is 5.06. The first-order valence-corrected chi connectivity index (χ1v) is 12.7. The topological polar surface area (TPSA) is 75.7 Å². The Morgan fingerprint density at radius 1 is 0.811 bits per heavy atom. The van der Waals surface area contributed by atoms with Gasteiger partial charge in [0.15, 0.2) is 11.6 Å². The number of hydrogen-bond donors (Lipinski definition) is 1. The van der Waals surface area contributed by atoms with Crippen LogP contribution in [0.4, 0.5) is 4.79 Å². The molecule has 1 aliphatic heterocycles. The second-order valence-electron chi connectivity index (χ2n) is 9.67. The van der Waals surface area contributed by atoms with Crippen LogP contribution >= 0.6 is 0 Å². The van der Waals surface area contributed by atoms with Gasteiger partial charge >= 0.3 is 6.09 Å². The van der Waals surface area contributed by atoms with Crippen molar-refractivity contribution in [3.63, 3.8) is 0 Å². The van der Waals surface area contributed by atoms with Crippen LogP contribution in [0, 0.1) is 25.7 Å². The smallest absolute Gasteiger partial charge is 0.406 e. The van der Waals surface area contributed by atoms with Gasteiger partial charge in [0.2, 0.25) is 0 Å². The summed E-state index contributed by atoms with van der Waals surface area (Å²) >= 11 is 0. The summed E-state index contributed by atoms with van der Waals surface area (Å²) in [5, 5.41) is 2.72. The van der Waals surface area contributed by atoms with Gasteiger partial charge in [0.1, 0.15) is 0 Å². The van der Waals surface area contributed by atoms with Gasteiger partial charge in [-0.05, 0) is 30.5 Å². The first-order chi connectivity index (χ1) is 17.9. The lowest BCUT2D eigenvalue weighted by atomic mass is 9.67. The van der Waals surface area contributed by atoms with Crippen LogP contribution in [-0.2, 0) is 4.74 Å². The third-order valence-electron chi connectivity index (χ3n) is 7.46. The molecular weight excluding hydrogens is 464 g/mol. The standard InChI is InChI=1S/C31H34N2O4/c1-21-11-10-16-25(22(21)2)28-26(29(34)23-12-6-4-7-13-23)19-33(18-17-32-31(36)37-3)20-27(28)30(35)24-14-8-5-9-15-24/h4-16,26-28H,17-20H2,1-3H3,(H,32,36)/t26-,27-/m0/s1. The molecule has 0 spiro atoms. The van der Waals surface area contributed by atoms with E-state index in [0.717, 1.165) is 16.7 Å². The van der Waals surface area contributed by atoms with E-state index in [1.165, 1.54) is 7.11 Å². The number of hydrogen-bond acceptors (Lipinski definition) is 5. The largest absolute Gasteiger partial charge is 0.453 e. The van der Waals surface area contributed by atoms with E-state index in [2.05, 4.69) is 36.2 Å². The van der Waals surface area contributed by atoms with Gasteiger partial charge in [0.25, 0.3) is 0 Å². The molecule has 6 heteroatoms. The number of alkyl carbamates (subject to hydrolysis) is 1. The summed E-state index contributed by atoms with van der Waals surface area (Å²) in [5.74, 6) is -1.06. The Bertz CT molecular complexity index is 1180. The summed E-state index contributed by atoms with van der Waals surface area (Å²) < 4.78 is 4.70. The van der Waals surface area contributed by atoms with E-state index >= 15 is 0 Å². The van der Waals surface area contributed by atoms with Crippen LogP contribution in [-0.4, -0.2) is 55.8 Å². The molecule has 37 heavy (non-hydrogen) atoms. The van der Waals surface area contributed by atoms with Crippen molar-refractivity contribution in [2.24, 2.45) is 11.8 Å². The first kappa shape index (κ1) is 26.3. The van der Waals surface area contributed by atoms with Gasteiger partial charge in [0, 0.05) is 55.1 Å². The summed E-state index contributed by atoms with van der Waals surface area (Å²) in [5.41, 5.74) is 4.59. The lowest BCUT2D eigenvalue weighted by molar-refractivity contribution is 0.0572. The molecule has 192 valence electrons. The highest BCUT2D eigenvalue weighted by Crippen LogP contribution is 2.42. The number of carbonyl (C=O) groups is 3. The van der Waals surface area contributed by atoms with Crippen molar-refractivity contribution in [2.45, 2.75) is 19.8 Å². The number of amides is 1. The lowest BCUT2D eigenvalue weighted by Gasteiger charge is -2.43. The molecule has 1 amide bonds. The molecule has 1 heterocycles. The Kier molecular flexibility index (Phi) is 8.51. The zero-order valence-electron chi connectivity index (χ0n) is 21.6. The molecule has 1 aliphatic rings. The van der Waals surface area contributed by atoms with E-state index in [4.69, 9.17) is 4.74 Å². The molecule has 0 unspecified atom stereocenters. The van der Waals surface area contributed by atoms with Gasteiger partial charge in [0.05, 0.1) is 7.11 Å². The average Bonchev–Trinajstić information content (AvgIpc) is 2.94. The van der Waals surface area contributed by atoms with Gasteiger partial charge in [-0.1, -0.05) is 78.9 Å². The second kappa shape index (κ2) is 12.0. The fraction of sp³-hybridized carbons (Fsp3) is 0.323. The molecule has 1 saturated heterocycles. The average molecular weight is 499 g/mol. The number of ether oxygens (including phenoxy) is 1. The third-order valence-corrected chi connectivity index (χ3v) is 7.46. The van der Waals surface area contributed by atoms with E-state index in [1.807, 2.05) is 66.7 Å². The number of aryl methyl sites for hydroxylation is 1. The van der Waals surface area contributed by atoms with Crippen molar-refractivity contribution >= 4 is 17.7 Å². The SMILES string of the molecule is COC(=O)NCCN1C[C@H](C(=O)c2ccccc2)C(c2cccc(C)c2C)[C@@H](C(=O)c2ccccc2)C1. The maximum absolute atomic E-state index is 14.0. The van der Waals surface area contributed by atoms with Crippen LogP contribution in [0.1, 0.15) is 43.3 Å². The summed E-state index contributed by atoms with van der Waals surface area (Å²) in [6, 6.07) is 24.8. The molecule has 6 nitrogen and oxygen atoms in total. The molecular formula is C31H34N2O4. The van der Waals surface area contributed by atoms with Gasteiger partial charge < -0.3 is 15.0 Å². The maximum Gasteiger partial charge on any atom is 0.406 e. The van der Waals surface area contributed by atoms with Crippen molar-refractivity contribution in [3.8, 4) is 0 Å². The highest BCUT2D eigenvalue weighted by atomic mass is 16.5. The molecule has 1 N–H and O–H groups in total. The summed E-state index contributed by atoms with van der Waals surface area (Å²) in [6.45, 7) is 5.99. The first-order valence-electron chi connectivity index (χ1n) is 12.7. The molecule has 1 fully saturated rings. The van der Waals surface area contributed by atoms with E-state index in [9.17, 15) is 14.4 Å². The molecule has 4 rings (SSSR count). The van der Waals surface area contributed by atoms with Gasteiger partial charge in [-0.15, -0.1) is 0 Å². The molecule has 0 aromatic heterocycles. The van der Waals surface area contributed by atoms with Crippen molar-refractivity contribution < 1.29 is 19.1 Å². The molecule has 3 aromatic carbocycles. The predicted molar refractivity (Wildman–Crippen MR) is 144 cm³/mol. The summed E-state index contributed by atoms with van der Waals surface area (Å²) in [7, 11) is 1.33. The van der Waals surface area contributed by atoms with Crippen molar-refractivity contribution in [1.29, 1.82) is 0 Å². The number of nitrogens with one attached hydrogen (secondary N) is 1. The zero-order chi connectivity index (χ0) is 26.4. The van der Waals surface area contributed by atoms with Crippen LogP contribution in [0.25, 0.3) is 0 Å². The number of piperidine rings is 1. The molecule has 0 aliphatic carbocycles. The maximum atomic E-state index is 14.0. The van der Waals surface area contributed by atoms with Crippen LogP contribution in [0.5, 0.6) is 0 Å². The lowest BCUT2D eigenvalue weighted by Crippen LogP contribution is -2.52. The van der Waals surface area contributed by atoms with Crippen LogP contribution < -0.4 is 5.32 Å². The minimum atomic E-state index is -0.501. The second-order valence-corrected chi connectivity index (χ2v) is 9.67. The Balaban J connectivity index is 1.78. The molecule has 2 atom stereocenters. The molecule has 0 bridgehead atoms. The minimum absolute atomic E-state index is 0.0306. The van der Waals surface area contributed by atoms with Crippen molar-refractivity contribution in [3.05, 3.63) is 107 Å². The van der Waals surface area contributed by atoms with Gasteiger partial charge in [-0.2, -0.15) is 0 Å². The third kappa shape index (κ3) is 5.97. The van der Waals surface area contributed by atoms with Crippen LogP contribution in [0.15, 0.2) is 78.9 Å². The number of likely N-dealkylation sites (tertiary alicyclic amines) is 1. The van der Waals surface area contributed by atoms with Crippen molar-refractivity contribution in [2.75, 3.05) is 33.3 Å². The number of ketones is 2. The van der Waals surface area contributed by atoms with Gasteiger partial charge in [-0.3, -0.25) is 9.59 Å². The Labute approximate surface area is 218 Å². The van der Waals surface area contributed by atoms with Crippen LogP contribution in [0.2, 0.25) is 0 Å². The fourth-order valence-electron chi connectivity index (χ4n) is 5.40. The Hall–Kier alpha value is -3.77. The van der Waals surface area contributed by atoms with Crippen molar-refractivity contribution in [1.82, 2.24) is 10.2 Å². The normalized spacial score (nSPS) is 18.2. The Morgan fingerprint density at radius 3 is 1.86 bits per heavy atom. The van der Waals surface area contributed by atoms with E-state index < -0.39 is 17.9 Å². The number of rotatable bonds is 8. The van der Waals surface area contributed by atoms with Crippen LogP contribution in [0.3, 0.4) is 0 Å². The molecule has 0 saturated carbocycles. The number of Topliss-reactive ketones (excluding diaryl/α,β-unsaturated/α-hetero) is 2. The summed E-state index contributed by atoms with van der Waals surface area (Å²) in [4.78, 5) is 41.8. The number of benzene rings is 3. The minimum Gasteiger partial charge on any atom is -0.453 e. The van der Waals surface area contributed by atoms with E-state index in [1.54, 1.807) is 0 Å².